The zero-order valence-electron chi connectivity index (χ0n) is 12.8. The molecular formula is C13H28N2O3Si. The lowest BCUT2D eigenvalue weighted by Gasteiger charge is -2.40. The topological polar surface area (TPSA) is 75.8 Å². The van der Waals surface area contributed by atoms with Crippen LogP contribution < -0.4 is 5.73 Å². The van der Waals surface area contributed by atoms with Crippen molar-refractivity contribution in [3.8, 4) is 0 Å². The van der Waals surface area contributed by atoms with Gasteiger partial charge in [0.2, 0.25) is 0 Å². The molecule has 3 N–H and O–H groups in total. The molecule has 0 aromatic rings. The normalized spacial score (nSPS) is 25.5. The molecule has 1 rings (SSSR count). The summed E-state index contributed by atoms with van der Waals surface area (Å²) in [6.45, 7) is 12.6. The van der Waals surface area contributed by atoms with Gasteiger partial charge in [-0.05, 0) is 24.6 Å². The monoisotopic (exact) mass is 288 g/mol. The summed E-state index contributed by atoms with van der Waals surface area (Å²) in [5.41, 5.74) is 6.10. The minimum absolute atomic E-state index is 0.0420. The summed E-state index contributed by atoms with van der Waals surface area (Å²) in [6, 6.07) is 0.0420. The standard InChI is InChI=1S/C13H28N2O3Si/c1-13(2,3)19(4,5)18-9-10-8-15(12(16)17)7-6-11(10)14/h10-11H,6-9,14H2,1-5H3,(H,16,17)/t10-,11-/m1/s1. The quantitative estimate of drug-likeness (QED) is 0.782. The first-order valence-electron chi connectivity index (χ1n) is 6.92. The highest BCUT2D eigenvalue weighted by Gasteiger charge is 2.39. The minimum atomic E-state index is -1.79. The van der Waals surface area contributed by atoms with E-state index < -0.39 is 14.4 Å². The third-order valence-electron chi connectivity index (χ3n) is 4.53. The highest BCUT2D eigenvalue weighted by molar-refractivity contribution is 6.74. The van der Waals surface area contributed by atoms with Crippen molar-refractivity contribution >= 4 is 14.4 Å². The van der Waals surface area contributed by atoms with Gasteiger partial charge in [-0.15, -0.1) is 0 Å². The van der Waals surface area contributed by atoms with Crippen LogP contribution in [0.4, 0.5) is 4.79 Å². The van der Waals surface area contributed by atoms with E-state index in [1.165, 1.54) is 4.90 Å². The maximum atomic E-state index is 11.0. The van der Waals surface area contributed by atoms with Crippen molar-refractivity contribution in [2.75, 3.05) is 19.7 Å². The summed E-state index contributed by atoms with van der Waals surface area (Å²) in [5.74, 6) is 0.110. The fraction of sp³-hybridized carbons (Fsp3) is 0.923. The van der Waals surface area contributed by atoms with Gasteiger partial charge in [-0.25, -0.2) is 4.79 Å². The number of nitrogens with two attached hydrogens (primary N) is 1. The number of likely N-dealkylation sites (tertiary alicyclic amines) is 1. The number of rotatable bonds is 3. The van der Waals surface area contributed by atoms with Crippen LogP contribution >= 0.6 is 0 Å². The Hall–Kier alpha value is -0.593. The predicted molar refractivity (Wildman–Crippen MR) is 78.8 cm³/mol. The van der Waals surface area contributed by atoms with E-state index in [0.29, 0.717) is 19.7 Å². The van der Waals surface area contributed by atoms with E-state index in [9.17, 15) is 4.79 Å². The molecule has 112 valence electrons. The zero-order valence-corrected chi connectivity index (χ0v) is 13.8. The van der Waals surface area contributed by atoms with Gasteiger partial charge in [-0.1, -0.05) is 20.8 Å². The lowest BCUT2D eigenvalue weighted by Crippen LogP contribution is -2.52. The number of carbonyl (C=O) groups is 1. The minimum Gasteiger partial charge on any atom is -0.465 e. The average Bonchev–Trinajstić information content (AvgIpc) is 2.26. The van der Waals surface area contributed by atoms with E-state index in [4.69, 9.17) is 15.3 Å². The number of carboxylic acid groups (broad SMARTS) is 1. The van der Waals surface area contributed by atoms with Gasteiger partial charge in [-0.3, -0.25) is 0 Å². The first-order chi connectivity index (χ1) is 8.54. The first kappa shape index (κ1) is 16.5. The molecule has 1 amide bonds. The van der Waals surface area contributed by atoms with E-state index in [1.807, 2.05) is 0 Å². The summed E-state index contributed by atoms with van der Waals surface area (Å²) in [7, 11) is -1.79. The summed E-state index contributed by atoms with van der Waals surface area (Å²) in [4.78, 5) is 12.5. The van der Waals surface area contributed by atoms with Gasteiger partial charge in [-0.2, -0.15) is 0 Å². The Morgan fingerprint density at radius 3 is 2.53 bits per heavy atom. The van der Waals surface area contributed by atoms with Crippen LogP contribution in [0.3, 0.4) is 0 Å². The largest absolute Gasteiger partial charge is 0.465 e. The SMILES string of the molecule is CC(C)(C)[Si](C)(C)OC[C@H]1CN(C(=O)O)CC[C@H]1N. The lowest BCUT2D eigenvalue weighted by atomic mass is 9.94. The molecule has 1 heterocycles. The molecular weight excluding hydrogens is 260 g/mol. The highest BCUT2D eigenvalue weighted by atomic mass is 28.4. The van der Waals surface area contributed by atoms with Crippen molar-refractivity contribution in [1.82, 2.24) is 4.90 Å². The van der Waals surface area contributed by atoms with Crippen molar-refractivity contribution in [2.24, 2.45) is 11.7 Å². The second kappa shape index (κ2) is 5.81. The number of hydrogen-bond acceptors (Lipinski definition) is 3. The molecule has 1 aliphatic rings. The van der Waals surface area contributed by atoms with Crippen LogP contribution in [0, 0.1) is 5.92 Å². The molecule has 1 aliphatic heterocycles. The van der Waals surface area contributed by atoms with E-state index in [0.717, 1.165) is 6.42 Å². The maximum absolute atomic E-state index is 11.0. The van der Waals surface area contributed by atoms with E-state index in [-0.39, 0.29) is 17.0 Å². The van der Waals surface area contributed by atoms with Crippen molar-refractivity contribution in [2.45, 2.75) is 51.4 Å². The first-order valence-corrected chi connectivity index (χ1v) is 9.83. The molecule has 0 aliphatic carbocycles. The third kappa shape index (κ3) is 4.19. The fourth-order valence-electron chi connectivity index (χ4n) is 1.93. The Bertz CT molecular complexity index is 328. The van der Waals surface area contributed by atoms with Gasteiger partial charge < -0.3 is 20.2 Å². The molecule has 1 saturated heterocycles. The lowest BCUT2D eigenvalue weighted by molar-refractivity contribution is 0.0921. The maximum Gasteiger partial charge on any atom is 0.407 e. The van der Waals surface area contributed by atoms with Gasteiger partial charge in [0.05, 0.1) is 0 Å². The summed E-state index contributed by atoms with van der Waals surface area (Å²) in [6.07, 6.45) is -0.137. The van der Waals surface area contributed by atoms with Crippen LogP contribution in [0.5, 0.6) is 0 Å². The molecule has 0 spiro atoms. The Morgan fingerprint density at radius 1 is 1.47 bits per heavy atom. The van der Waals surface area contributed by atoms with Crippen LogP contribution in [0.2, 0.25) is 18.1 Å². The van der Waals surface area contributed by atoms with Gasteiger partial charge in [0.1, 0.15) is 0 Å². The third-order valence-corrected chi connectivity index (χ3v) is 9.03. The van der Waals surface area contributed by atoms with Crippen molar-refractivity contribution < 1.29 is 14.3 Å². The molecule has 0 saturated carbocycles. The second-order valence-corrected chi connectivity index (χ2v) is 11.8. The molecule has 6 heteroatoms. The summed E-state index contributed by atoms with van der Waals surface area (Å²) >= 11 is 0. The Morgan fingerprint density at radius 2 is 2.05 bits per heavy atom. The van der Waals surface area contributed by atoms with Crippen LogP contribution in [0.1, 0.15) is 27.2 Å². The highest BCUT2D eigenvalue weighted by Crippen LogP contribution is 2.37. The van der Waals surface area contributed by atoms with Crippen LogP contribution in [0.15, 0.2) is 0 Å². The number of hydrogen-bond donors (Lipinski definition) is 2. The van der Waals surface area contributed by atoms with E-state index in [1.54, 1.807) is 0 Å². The number of nitrogens with zero attached hydrogens (tertiary/aromatic N) is 1. The Kier molecular flexibility index (Phi) is 5.03. The second-order valence-electron chi connectivity index (χ2n) is 7.01. The van der Waals surface area contributed by atoms with E-state index in [2.05, 4.69) is 33.9 Å². The molecule has 1 fully saturated rings. The van der Waals surface area contributed by atoms with Gasteiger partial charge >= 0.3 is 6.09 Å². The van der Waals surface area contributed by atoms with E-state index >= 15 is 0 Å². The van der Waals surface area contributed by atoms with Gasteiger partial charge in [0.15, 0.2) is 8.32 Å². The molecule has 0 aromatic heterocycles. The fourth-order valence-corrected chi connectivity index (χ4v) is 3.00. The molecule has 5 nitrogen and oxygen atoms in total. The van der Waals surface area contributed by atoms with Crippen LogP contribution in [-0.4, -0.2) is 50.2 Å². The predicted octanol–water partition coefficient (Wildman–Crippen LogP) is 2.34. The zero-order chi connectivity index (χ0) is 14.8. The van der Waals surface area contributed by atoms with Crippen molar-refractivity contribution in [3.63, 3.8) is 0 Å². The average molecular weight is 288 g/mol. The Labute approximate surface area is 117 Å². The number of amides is 1. The molecule has 0 aromatic carbocycles. The van der Waals surface area contributed by atoms with Crippen molar-refractivity contribution in [1.29, 1.82) is 0 Å². The van der Waals surface area contributed by atoms with Crippen LogP contribution in [0.25, 0.3) is 0 Å². The van der Waals surface area contributed by atoms with Crippen molar-refractivity contribution in [3.05, 3.63) is 0 Å². The molecule has 0 unspecified atom stereocenters. The number of piperidine rings is 1. The summed E-state index contributed by atoms with van der Waals surface area (Å²) < 4.78 is 6.17. The van der Waals surface area contributed by atoms with Crippen LogP contribution in [-0.2, 0) is 4.43 Å². The summed E-state index contributed by atoms with van der Waals surface area (Å²) in [5, 5.41) is 9.22. The van der Waals surface area contributed by atoms with Gasteiger partial charge in [0, 0.05) is 31.7 Å². The smallest absolute Gasteiger partial charge is 0.407 e. The molecule has 0 bridgehead atoms. The molecule has 0 radical (unpaired) electrons. The Balaban J connectivity index is 2.58. The molecule has 19 heavy (non-hydrogen) atoms. The molecule has 2 atom stereocenters. The van der Waals surface area contributed by atoms with Gasteiger partial charge in [0.25, 0.3) is 0 Å².